The summed E-state index contributed by atoms with van der Waals surface area (Å²) in [5.74, 6) is -1.37. The molecule has 0 saturated carbocycles. The van der Waals surface area contributed by atoms with Crippen LogP contribution in [0.5, 0.6) is 5.75 Å². The van der Waals surface area contributed by atoms with Gasteiger partial charge in [0, 0.05) is 30.9 Å². The van der Waals surface area contributed by atoms with Gasteiger partial charge in [0.05, 0.1) is 4.92 Å². The molecule has 0 aliphatic carbocycles. The minimum absolute atomic E-state index is 0.0120. The van der Waals surface area contributed by atoms with E-state index >= 15 is 0 Å². The van der Waals surface area contributed by atoms with Crippen molar-refractivity contribution in [2.45, 2.75) is 19.4 Å². The highest BCUT2D eigenvalue weighted by molar-refractivity contribution is 5.84. The summed E-state index contributed by atoms with van der Waals surface area (Å²) in [6.45, 7) is 3.10. The Morgan fingerprint density at radius 2 is 1.70 bits per heavy atom. The van der Waals surface area contributed by atoms with Gasteiger partial charge in [0.25, 0.3) is 11.6 Å². The van der Waals surface area contributed by atoms with Crippen molar-refractivity contribution >= 4 is 23.3 Å². The van der Waals surface area contributed by atoms with E-state index in [4.69, 9.17) is 9.47 Å². The van der Waals surface area contributed by atoms with Crippen molar-refractivity contribution in [1.29, 1.82) is 0 Å². The van der Waals surface area contributed by atoms with E-state index in [1.807, 2.05) is 0 Å². The van der Waals surface area contributed by atoms with Gasteiger partial charge in [-0.3, -0.25) is 14.9 Å². The lowest BCUT2D eigenvalue weighted by molar-refractivity contribution is -0.384. The number of hydrogen-bond acceptors (Lipinski definition) is 7. The lowest BCUT2D eigenvalue weighted by atomic mass is 10.1. The molecule has 2 N–H and O–H groups in total. The zero-order valence-electron chi connectivity index (χ0n) is 16.5. The van der Waals surface area contributed by atoms with Crippen LogP contribution in [0.1, 0.15) is 13.8 Å². The smallest absolute Gasteiger partial charge is 0.350 e. The van der Waals surface area contributed by atoms with Crippen LogP contribution in [0.4, 0.5) is 15.8 Å². The van der Waals surface area contributed by atoms with E-state index < -0.39 is 34.8 Å². The molecule has 2 rings (SSSR count). The lowest BCUT2D eigenvalue weighted by Crippen LogP contribution is -2.42. The van der Waals surface area contributed by atoms with E-state index in [1.54, 1.807) is 12.1 Å². The van der Waals surface area contributed by atoms with Gasteiger partial charge in [-0.1, -0.05) is 0 Å². The molecule has 0 heterocycles. The molecule has 9 nitrogen and oxygen atoms in total. The number of carbonyl (C=O) groups is 2. The second-order valence-corrected chi connectivity index (χ2v) is 6.72. The highest BCUT2D eigenvalue weighted by Crippen LogP contribution is 2.20. The second-order valence-electron chi connectivity index (χ2n) is 6.72. The maximum absolute atomic E-state index is 12.9. The third-order valence-corrected chi connectivity index (χ3v) is 3.87. The number of carbonyl (C=O) groups excluding carboxylic acids is 2. The fourth-order valence-electron chi connectivity index (χ4n) is 2.30. The van der Waals surface area contributed by atoms with Gasteiger partial charge in [-0.05, 0) is 50.2 Å². The minimum Gasteiger partial charge on any atom is -0.476 e. The number of non-ortho nitro benzene ring substituents is 1. The number of rotatable bonds is 10. The summed E-state index contributed by atoms with van der Waals surface area (Å²) in [6.07, 6.45) is 0. The zero-order chi connectivity index (χ0) is 22.1. The molecule has 160 valence electrons. The molecular weight excluding hydrogens is 397 g/mol. The Morgan fingerprint density at radius 1 is 1.07 bits per heavy atom. The van der Waals surface area contributed by atoms with E-state index in [-0.39, 0.29) is 12.2 Å². The molecule has 2 aromatic carbocycles. The first kappa shape index (κ1) is 22.6. The van der Waals surface area contributed by atoms with Crippen molar-refractivity contribution in [2.24, 2.45) is 0 Å². The molecule has 0 atom stereocenters. The molecule has 0 unspecified atom stereocenters. The summed E-state index contributed by atoms with van der Waals surface area (Å²) < 4.78 is 23.4. The molecule has 0 spiro atoms. The van der Waals surface area contributed by atoms with Gasteiger partial charge in [-0.2, -0.15) is 0 Å². The van der Waals surface area contributed by atoms with E-state index in [0.29, 0.717) is 18.0 Å². The second kappa shape index (κ2) is 10.2. The summed E-state index contributed by atoms with van der Waals surface area (Å²) in [5, 5.41) is 16.2. The fraction of sp³-hybridized carbons (Fsp3) is 0.300. The first-order chi connectivity index (χ1) is 14.2. The number of nitro groups is 1. The van der Waals surface area contributed by atoms with E-state index in [2.05, 4.69) is 10.6 Å². The quantitative estimate of drug-likeness (QED) is 0.263. The Kier molecular flexibility index (Phi) is 7.68. The standard InChI is InChI=1S/C20H22FN3O6/c1-20(2,30-17-9-3-14(21)4-10-17)19(26)29-13-18(25)23-12-11-22-15-5-7-16(8-6-15)24(27)28/h3-10,22H,11-13H2,1-2H3,(H,23,25). The minimum atomic E-state index is -1.37. The van der Waals surface area contributed by atoms with Gasteiger partial charge < -0.3 is 20.1 Å². The third kappa shape index (κ3) is 7.04. The monoisotopic (exact) mass is 419 g/mol. The first-order valence-corrected chi connectivity index (χ1v) is 9.04. The van der Waals surface area contributed by atoms with Gasteiger partial charge in [0.1, 0.15) is 11.6 Å². The molecule has 0 aliphatic rings. The molecular formula is C20H22FN3O6. The van der Waals surface area contributed by atoms with Gasteiger partial charge in [0.15, 0.2) is 12.2 Å². The number of nitro benzene ring substituents is 1. The molecule has 2 aromatic rings. The number of anilines is 1. The number of halogens is 1. The first-order valence-electron chi connectivity index (χ1n) is 9.04. The molecule has 0 bridgehead atoms. The summed E-state index contributed by atoms with van der Waals surface area (Å²) in [7, 11) is 0. The highest BCUT2D eigenvalue weighted by atomic mass is 19.1. The van der Waals surface area contributed by atoms with Gasteiger partial charge in [-0.25, -0.2) is 9.18 Å². The number of amides is 1. The molecule has 1 amide bonds. The summed E-state index contributed by atoms with van der Waals surface area (Å²) in [6, 6.07) is 11.0. The van der Waals surface area contributed by atoms with Crippen LogP contribution in [0.3, 0.4) is 0 Å². The fourth-order valence-corrected chi connectivity index (χ4v) is 2.30. The maximum Gasteiger partial charge on any atom is 0.350 e. The Labute approximate surface area is 172 Å². The number of ether oxygens (including phenoxy) is 2. The Bertz CT molecular complexity index is 884. The van der Waals surface area contributed by atoms with Crippen molar-refractivity contribution < 1.29 is 28.4 Å². The summed E-state index contributed by atoms with van der Waals surface area (Å²) in [5.41, 5.74) is -0.710. The van der Waals surface area contributed by atoms with Crippen LogP contribution >= 0.6 is 0 Å². The molecule has 0 saturated heterocycles. The average molecular weight is 419 g/mol. The summed E-state index contributed by atoms with van der Waals surface area (Å²) in [4.78, 5) is 34.1. The average Bonchev–Trinajstić information content (AvgIpc) is 2.71. The maximum atomic E-state index is 12.9. The molecule has 0 radical (unpaired) electrons. The van der Waals surface area contributed by atoms with Gasteiger partial charge >= 0.3 is 5.97 Å². The Morgan fingerprint density at radius 3 is 2.30 bits per heavy atom. The van der Waals surface area contributed by atoms with Crippen molar-refractivity contribution in [3.05, 3.63) is 64.5 Å². The topological polar surface area (TPSA) is 120 Å². The molecule has 0 fully saturated rings. The van der Waals surface area contributed by atoms with Gasteiger partial charge in [0.2, 0.25) is 0 Å². The third-order valence-electron chi connectivity index (χ3n) is 3.87. The number of hydrogen-bond donors (Lipinski definition) is 2. The van der Waals surface area contributed by atoms with E-state index in [1.165, 1.54) is 50.2 Å². The molecule has 10 heteroatoms. The van der Waals surface area contributed by atoms with E-state index in [9.17, 15) is 24.1 Å². The molecule has 0 aliphatic heterocycles. The number of esters is 1. The van der Waals surface area contributed by atoms with Crippen LogP contribution in [0, 0.1) is 15.9 Å². The van der Waals surface area contributed by atoms with Crippen molar-refractivity contribution in [1.82, 2.24) is 5.32 Å². The van der Waals surface area contributed by atoms with E-state index in [0.717, 1.165) is 0 Å². The molecule has 0 aromatic heterocycles. The van der Waals surface area contributed by atoms with Crippen LogP contribution in [-0.4, -0.2) is 42.1 Å². The van der Waals surface area contributed by atoms with Crippen molar-refractivity contribution in [3.8, 4) is 5.75 Å². The lowest BCUT2D eigenvalue weighted by Gasteiger charge is -2.24. The van der Waals surface area contributed by atoms with Crippen molar-refractivity contribution in [2.75, 3.05) is 25.0 Å². The Hall–Kier alpha value is -3.69. The normalized spacial score (nSPS) is 10.8. The predicted molar refractivity (Wildman–Crippen MR) is 107 cm³/mol. The van der Waals surface area contributed by atoms with Crippen LogP contribution in [0.2, 0.25) is 0 Å². The SMILES string of the molecule is CC(C)(Oc1ccc(F)cc1)C(=O)OCC(=O)NCCNc1ccc([N+](=O)[O-])cc1. The number of benzene rings is 2. The summed E-state index contributed by atoms with van der Waals surface area (Å²) >= 11 is 0. The van der Waals surface area contributed by atoms with Crippen LogP contribution in [0.15, 0.2) is 48.5 Å². The zero-order valence-corrected chi connectivity index (χ0v) is 16.5. The Balaban J connectivity index is 1.68. The largest absolute Gasteiger partial charge is 0.476 e. The number of nitrogens with zero attached hydrogens (tertiary/aromatic N) is 1. The van der Waals surface area contributed by atoms with Crippen LogP contribution < -0.4 is 15.4 Å². The van der Waals surface area contributed by atoms with Crippen molar-refractivity contribution in [3.63, 3.8) is 0 Å². The van der Waals surface area contributed by atoms with Crippen LogP contribution in [-0.2, 0) is 14.3 Å². The van der Waals surface area contributed by atoms with Gasteiger partial charge in [-0.15, -0.1) is 0 Å². The number of nitrogens with one attached hydrogen (secondary N) is 2. The predicted octanol–water partition coefficient (Wildman–Crippen LogP) is 2.66. The highest BCUT2D eigenvalue weighted by Gasteiger charge is 2.32. The van der Waals surface area contributed by atoms with Crippen LogP contribution in [0.25, 0.3) is 0 Å². The molecule has 30 heavy (non-hydrogen) atoms.